The maximum Gasteiger partial charge on any atom is 0.315 e. The second-order valence-corrected chi connectivity index (χ2v) is 17.6. The highest BCUT2D eigenvalue weighted by atomic mass is 127. The quantitative estimate of drug-likeness (QED) is 0.0576. The van der Waals surface area contributed by atoms with Gasteiger partial charge in [-0.3, -0.25) is 19.2 Å². The Morgan fingerprint density at radius 1 is 1.02 bits per heavy atom. The van der Waals surface area contributed by atoms with Gasteiger partial charge in [-0.15, -0.1) is 12.3 Å². The number of carbonyl (C=O) groups is 5. The number of halogens is 1. The zero-order valence-electron chi connectivity index (χ0n) is 29.3. The summed E-state index contributed by atoms with van der Waals surface area (Å²) in [5.41, 5.74) is -1.75. The molecule has 1 fully saturated rings. The molecule has 0 aromatic rings. The molecule has 0 saturated heterocycles. The van der Waals surface area contributed by atoms with E-state index in [0.717, 1.165) is 25.5 Å². The van der Waals surface area contributed by atoms with Crippen LogP contribution in [0.4, 0.5) is 4.79 Å². The molecule has 1 saturated carbocycles. The van der Waals surface area contributed by atoms with Gasteiger partial charge in [-0.1, -0.05) is 67.7 Å². The lowest BCUT2D eigenvalue weighted by atomic mass is 9.83. The third kappa shape index (κ3) is 14.3. The lowest BCUT2D eigenvalue weighted by Crippen LogP contribution is -2.63. The van der Waals surface area contributed by atoms with Crippen LogP contribution in [0.25, 0.3) is 0 Å². The maximum absolute atomic E-state index is 14.4. The molecule has 0 aromatic heterocycles. The van der Waals surface area contributed by atoms with E-state index in [0.29, 0.717) is 25.8 Å². The minimum Gasteiger partial charge on any atom is -0.349 e. The Morgan fingerprint density at radius 3 is 2.11 bits per heavy atom. The molecule has 4 N–H and O–H groups in total. The number of hydrogen-bond donors (Lipinski definition) is 4. The molecule has 1 unspecified atom stereocenters. The zero-order chi connectivity index (χ0) is 36.2. The van der Waals surface area contributed by atoms with Gasteiger partial charge in [-0.05, 0) is 65.5 Å². The monoisotopic (exact) mass is 793 g/mol. The number of Topliss-reactive ketones (excluding diaryl/α,β-unsaturated/α-hetero) is 1. The lowest BCUT2D eigenvalue weighted by Gasteiger charge is -2.40. The van der Waals surface area contributed by atoms with E-state index in [2.05, 4.69) is 27.2 Å². The Kier molecular flexibility index (Phi) is 17.2. The predicted octanol–water partition coefficient (Wildman–Crippen LogP) is 3.32. The summed E-state index contributed by atoms with van der Waals surface area (Å²) in [5, 5.41) is 10.9. The first-order chi connectivity index (χ1) is 21.7. The molecule has 12 nitrogen and oxygen atoms in total. The molecule has 1 rings (SSSR count). The Morgan fingerprint density at radius 2 is 1.62 bits per heavy atom. The zero-order valence-corrected chi connectivity index (χ0v) is 32.3. The molecule has 47 heavy (non-hydrogen) atoms. The van der Waals surface area contributed by atoms with Crippen molar-refractivity contribution in [3.63, 3.8) is 0 Å². The smallest absolute Gasteiger partial charge is 0.315 e. The summed E-state index contributed by atoms with van der Waals surface area (Å²) in [6.45, 7) is 13.6. The number of amides is 5. The van der Waals surface area contributed by atoms with Crippen LogP contribution in [0.3, 0.4) is 0 Å². The molecule has 0 spiro atoms. The number of ketones is 1. The molecule has 268 valence electrons. The summed E-state index contributed by atoms with van der Waals surface area (Å²) < 4.78 is 23.5. The van der Waals surface area contributed by atoms with Crippen molar-refractivity contribution >= 4 is 62.0 Å². The summed E-state index contributed by atoms with van der Waals surface area (Å²) >= 11 is 1.84. The van der Waals surface area contributed by atoms with Crippen molar-refractivity contribution in [3.05, 3.63) is 0 Å². The average molecular weight is 794 g/mol. The number of hydrogen-bond acceptors (Lipinski definition) is 7. The minimum absolute atomic E-state index is 0.0435. The van der Waals surface area contributed by atoms with Crippen LogP contribution >= 0.6 is 22.6 Å². The van der Waals surface area contributed by atoms with Gasteiger partial charge in [0.2, 0.25) is 11.7 Å². The van der Waals surface area contributed by atoms with Gasteiger partial charge in [-0.2, -0.15) is 0 Å². The number of nitrogens with one attached hydrogen (secondary N) is 4. The lowest BCUT2D eigenvalue weighted by molar-refractivity contribution is -0.143. The van der Waals surface area contributed by atoms with Crippen molar-refractivity contribution in [3.8, 4) is 12.3 Å². The van der Waals surface area contributed by atoms with Gasteiger partial charge in [0.25, 0.3) is 11.8 Å². The number of terminal acetylenes is 1. The van der Waals surface area contributed by atoms with Crippen molar-refractivity contribution in [2.45, 2.75) is 122 Å². The van der Waals surface area contributed by atoms with Gasteiger partial charge in [0.1, 0.15) is 15.9 Å². The molecule has 0 aromatic carbocycles. The highest BCUT2D eigenvalue weighted by molar-refractivity contribution is 14.1. The number of nitrogens with zero attached hydrogens (tertiary/aromatic N) is 1. The van der Waals surface area contributed by atoms with E-state index in [1.54, 1.807) is 20.8 Å². The van der Waals surface area contributed by atoms with E-state index in [-0.39, 0.29) is 37.0 Å². The van der Waals surface area contributed by atoms with Crippen molar-refractivity contribution in [2.75, 3.05) is 25.1 Å². The third-order valence-corrected chi connectivity index (χ3v) is 10.8. The summed E-state index contributed by atoms with van der Waals surface area (Å²) in [5.74, 6) is -0.480. The minimum atomic E-state index is -3.41. The second-order valence-electron chi connectivity index (χ2n) is 14.3. The molecule has 1 aliphatic rings. The molecule has 1 aliphatic carbocycles. The van der Waals surface area contributed by atoms with Crippen LogP contribution in [0.2, 0.25) is 0 Å². The van der Waals surface area contributed by atoms with Crippen LogP contribution in [0, 0.1) is 29.6 Å². The SMILES string of the molecule is C#CCCC(NC(=O)[C@H](I)N(C[C@@H](C)C(C)C)C(=O)[C@@H](NC(=O)NC1(CS(C)(=O)=O)CCCCC1)C(C)(C)C)C(=O)C(=O)NCCC. The van der Waals surface area contributed by atoms with Crippen LogP contribution < -0.4 is 21.3 Å². The standard InChI is InChI=1S/C33H56IN5O7S/c1-10-12-16-24(25(40)28(41)35-19-11-2)36-29(42)27(34)39(20-23(5)22(3)4)30(43)26(32(6,7)8)37-31(44)38-33(21-47(9,45)46)17-14-13-15-18-33/h1,22-24,26-27H,11-21H2,2-9H3,(H,35,41)(H,36,42)(H2,37,38,44)/t23-,24?,26-,27-/m1/s1. The van der Waals surface area contributed by atoms with E-state index in [1.165, 1.54) is 4.90 Å². The fraction of sp³-hybridized carbons (Fsp3) is 0.788. The Balaban J connectivity index is 3.39. The van der Waals surface area contributed by atoms with Gasteiger partial charge in [0.05, 0.1) is 17.3 Å². The van der Waals surface area contributed by atoms with E-state index < -0.39 is 66.5 Å². The van der Waals surface area contributed by atoms with Crippen LogP contribution in [-0.2, 0) is 29.0 Å². The Labute approximate surface area is 295 Å². The number of carbonyl (C=O) groups excluding carboxylic acids is 5. The fourth-order valence-corrected chi connectivity index (χ4v) is 7.48. The summed E-state index contributed by atoms with van der Waals surface area (Å²) in [7, 11) is -3.41. The molecule has 0 bridgehead atoms. The largest absolute Gasteiger partial charge is 0.349 e. The summed E-state index contributed by atoms with van der Waals surface area (Å²) in [4.78, 5) is 68.4. The van der Waals surface area contributed by atoms with E-state index in [1.807, 2.05) is 50.3 Å². The molecular formula is C33H56IN5O7S. The molecule has 4 atom stereocenters. The van der Waals surface area contributed by atoms with E-state index >= 15 is 0 Å². The number of rotatable bonds is 17. The number of sulfone groups is 1. The highest BCUT2D eigenvalue weighted by Crippen LogP contribution is 2.30. The first-order valence-electron chi connectivity index (χ1n) is 16.4. The maximum atomic E-state index is 14.4. The van der Waals surface area contributed by atoms with Crippen molar-refractivity contribution in [1.29, 1.82) is 0 Å². The van der Waals surface area contributed by atoms with Gasteiger partial charge >= 0.3 is 6.03 Å². The Bertz CT molecular complexity index is 1250. The van der Waals surface area contributed by atoms with E-state index in [9.17, 15) is 32.4 Å². The molecular weight excluding hydrogens is 737 g/mol. The van der Waals surface area contributed by atoms with E-state index in [4.69, 9.17) is 6.42 Å². The summed E-state index contributed by atoms with van der Waals surface area (Å²) in [6.07, 6.45) is 10.9. The normalized spacial score (nSPS) is 17.3. The summed E-state index contributed by atoms with van der Waals surface area (Å²) in [6, 6.07) is -2.94. The Hall–Kier alpha value is -2.41. The topological polar surface area (TPSA) is 171 Å². The average Bonchev–Trinajstić information content (AvgIpc) is 2.96. The van der Waals surface area contributed by atoms with Crippen LogP contribution in [-0.4, -0.2) is 89.6 Å². The number of alkyl halides is 1. The molecule has 14 heteroatoms. The van der Waals surface area contributed by atoms with Crippen molar-refractivity contribution < 1.29 is 32.4 Å². The molecule has 0 heterocycles. The van der Waals surface area contributed by atoms with Crippen LogP contribution in [0.15, 0.2) is 0 Å². The second kappa shape index (κ2) is 19.0. The van der Waals surface area contributed by atoms with Gasteiger partial charge in [0.15, 0.2) is 4.05 Å². The predicted molar refractivity (Wildman–Crippen MR) is 192 cm³/mol. The van der Waals surface area contributed by atoms with Gasteiger partial charge < -0.3 is 26.2 Å². The first-order valence-corrected chi connectivity index (χ1v) is 19.8. The highest BCUT2D eigenvalue weighted by Gasteiger charge is 2.43. The van der Waals surface area contributed by atoms with Gasteiger partial charge in [-0.25, -0.2) is 13.2 Å². The van der Waals surface area contributed by atoms with Crippen molar-refractivity contribution in [2.24, 2.45) is 17.3 Å². The van der Waals surface area contributed by atoms with Crippen LogP contribution in [0.1, 0.15) is 99.8 Å². The molecule has 5 amide bonds. The first kappa shape index (κ1) is 42.6. The van der Waals surface area contributed by atoms with Crippen LogP contribution in [0.5, 0.6) is 0 Å². The number of urea groups is 1. The molecule has 0 aliphatic heterocycles. The third-order valence-electron chi connectivity index (χ3n) is 8.48. The fourth-order valence-electron chi connectivity index (χ4n) is 5.44. The van der Waals surface area contributed by atoms with Crippen molar-refractivity contribution in [1.82, 2.24) is 26.2 Å². The molecule has 0 radical (unpaired) electrons. The van der Waals surface area contributed by atoms with Gasteiger partial charge in [0, 0.05) is 25.8 Å².